The topological polar surface area (TPSA) is 49.9 Å². The van der Waals surface area contributed by atoms with Crippen molar-refractivity contribution in [3.63, 3.8) is 0 Å². The second-order valence-corrected chi connectivity index (χ2v) is 8.32. The first kappa shape index (κ1) is 18.5. The molecule has 27 heavy (non-hydrogen) atoms. The van der Waals surface area contributed by atoms with Gasteiger partial charge in [0.2, 0.25) is 11.8 Å². The van der Waals surface area contributed by atoms with E-state index < -0.39 is 5.41 Å². The third-order valence-electron chi connectivity index (χ3n) is 6.81. The molecule has 0 unspecified atom stereocenters. The molecule has 3 heterocycles. The van der Waals surface area contributed by atoms with Crippen molar-refractivity contribution in [2.45, 2.75) is 50.0 Å². The van der Waals surface area contributed by atoms with Crippen molar-refractivity contribution in [1.29, 1.82) is 0 Å². The van der Waals surface area contributed by atoms with Crippen LogP contribution < -0.4 is 0 Å². The molecule has 2 bridgehead atoms. The molecule has 1 aliphatic carbocycles. The zero-order chi connectivity index (χ0) is 18.9. The maximum Gasteiger partial charge on any atom is 0.233 e. The standard InChI is InChI=1S/C22H30N2O3/c1-27-14-13-24-19-10-9-17(20(24)25)15-23(16-19)21(26)22(11-5-6-12-22)18-7-3-2-4-8-18/h2-4,7-8,17,19H,5-6,9-16H2,1H3/t17-,19+/m1/s1. The number of rotatable bonds is 5. The number of hydrogen-bond acceptors (Lipinski definition) is 3. The molecule has 5 heteroatoms. The molecule has 4 fully saturated rings. The lowest BCUT2D eigenvalue weighted by molar-refractivity contribution is -0.140. The largest absolute Gasteiger partial charge is 0.383 e. The van der Waals surface area contributed by atoms with Crippen LogP contribution in [0.3, 0.4) is 0 Å². The van der Waals surface area contributed by atoms with Gasteiger partial charge in [0.05, 0.1) is 17.9 Å². The van der Waals surface area contributed by atoms with E-state index in [0.29, 0.717) is 26.2 Å². The highest BCUT2D eigenvalue weighted by molar-refractivity contribution is 5.90. The van der Waals surface area contributed by atoms with Crippen LogP contribution in [0.15, 0.2) is 30.3 Å². The van der Waals surface area contributed by atoms with Crippen LogP contribution in [0.1, 0.15) is 44.1 Å². The Morgan fingerprint density at radius 3 is 2.59 bits per heavy atom. The molecule has 146 valence electrons. The van der Waals surface area contributed by atoms with E-state index in [2.05, 4.69) is 12.1 Å². The highest BCUT2D eigenvalue weighted by Gasteiger charge is 2.48. The quantitative estimate of drug-likeness (QED) is 0.801. The molecule has 5 rings (SSSR count). The zero-order valence-corrected chi connectivity index (χ0v) is 16.2. The SMILES string of the molecule is COCCN1C(=O)[C@@H]2CC[C@H]1CN(C(=O)C1(c3ccccc3)CCCC1)C2. The third kappa shape index (κ3) is 3.27. The third-order valence-corrected chi connectivity index (χ3v) is 6.81. The lowest BCUT2D eigenvalue weighted by Gasteiger charge is -2.36. The summed E-state index contributed by atoms with van der Waals surface area (Å²) in [4.78, 5) is 30.7. The molecule has 0 radical (unpaired) electrons. The van der Waals surface area contributed by atoms with Crippen LogP contribution in [0, 0.1) is 5.92 Å². The second kappa shape index (κ2) is 7.63. The number of amides is 2. The summed E-state index contributed by atoms with van der Waals surface area (Å²) in [5.41, 5.74) is 0.748. The zero-order valence-electron chi connectivity index (χ0n) is 16.2. The summed E-state index contributed by atoms with van der Waals surface area (Å²) in [7, 11) is 1.67. The number of carbonyl (C=O) groups is 2. The Balaban J connectivity index is 1.60. The summed E-state index contributed by atoms with van der Waals surface area (Å²) in [6.45, 7) is 2.42. The Hall–Kier alpha value is -1.88. The molecule has 2 atom stereocenters. The molecule has 0 N–H and O–H groups in total. The van der Waals surface area contributed by atoms with Crippen LogP contribution in [0.4, 0.5) is 0 Å². The van der Waals surface area contributed by atoms with Crippen LogP contribution in [0.5, 0.6) is 0 Å². The van der Waals surface area contributed by atoms with E-state index in [0.717, 1.165) is 44.1 Å². The number of piperidine rings is 1. The minimum atomic E-state index is -0.397. The van der Waals surface area contributed by atoms with E-state index in [9.17, 15) is 9.59 Å². The predicted octanol–water partition coefficient (Wildman–Crippen LogP) is 2.59. The molecule has 3 saturated heterocycles. The summed E-state index contributed by atoms with van der Waals surface area (Å²) in [6, 6.07) is 10.4. The molecular formula is C22H30N2O3. The first-order chi connectivity index (χ1) is 13.2. The van der Waals surface area contributed by atoms with Crippen LogP contribution >= 0.6 is 0 Å². The number of benzene rings is 1. The maximum absolute atomic E-state index is 13.8. The Labute approximate surface area is 161 Å². The fraction of sp³-hybridized carbons (Fsp3) is 0.636. The molecule has 3 aliphatic heterocycles. The minimum absolute atomic E-state index is 0.0567. The van der Waals surface area contributed by atoms with Crippen molar-refractivity contribution in [1.82, 2.24) is 9.80 Å². The average Bonchev–Trinajstić information content (AvgIpc) is 3.05. The number of hydrogen-bond donors (Lipinski definition) is 0. The van der Waals surface area contributed by atoms with Gasteiger partial charge in [-0.2, -0.15) is 0 Å². The Bertz CT molecular complexity index is 684. The monoisotopic (exact) mass is 370 g/mol. The van der Waals surface area contributed by atoms with Crippen molar-refractivity contribution in [2.75, 3.05) is 33.4 Å². The first-order valence-electron chi connectivity index (χ1n) is 10.3. The number of ether oxygens (including phenoxy) is 1. The molecule has 1 aromatic carbocycles. The molecule has 0 aromatic heterocycles. The highest BCUT2D eigenvalue weighted by atomic mass is 16.5. The van der Waals surface area contributed by atoms with E-state index in [1.165, 1.54) is 0 Å². The fourth-order valence-electron chi connectivity index (χ4n) is 5.35. The van der Waals surface area contributed by atoms with Gasteiger partial charge in [0.15, 0.2) is 0 Å². The Morgan fingerprint density at radius 1 is 1.15 bits per heavy atom. The van der Waals surface area contributed by atoms with Crippen LogP contribution in [0.2, 0.25) is 0 Å². The normalized spacial score (nSPS) is 27.1. The highest BCUT2D eigenvalue weighted by Crippen LogP contribution is 2.43. The second-order valence-electron chi connectivity index (χ2n) is 8.32. The molecule has 5 nitrogen and oxygen atoms in total. The lowest BCUT2D eigenvalue weighted by atomic mass is 9.77. The molecule has 1 saturated carbocycles. The molecule has 2 amide bonds. The van der Waals surface area contributed by atoms with Gasteiger partial charge in [-0.15, -0.1) is 0 Å². The van der Waals surface area contributed by atoms with Crippen molar-refractivity contribution in [3.05, 3.63) is 35.9 Å². The predicted molar refractivity (Wildman–Crippen MR) is 103 cm³/mol. The summed E-state index contributed by atoms with van der Waals surface area (Å²) in [5, 5.41) is 0. The summed E-state index contributed by atoms with van der Waals surface area (Å²) in [5.74, 6) is 0.391. The van der Waals surface area contributed by atoms with Gasteiger partial charge in [0.1, 0.15) is 0 Å². The van der Waals surface area contributed by atoms with Crippen LogP contribution in [-0.2, 0) is 19.7 Å². The van der Waals surface area contributed by atoms with Crippen molar-refractivity contribution >= 4 is 11.8 Å². The van der Waals surface area contributed by atoms with Gasteiger partial charge in [-0.3, -0.25) is 9.59 Å². The maximum atomic E-state index is 13.8. The Kier molecular flexibility index (Phi) is 5.22. The van der Waals surface area contributed by atoms with E-state index in [-0.39, 0.29) is 23.8 Å². The number of nitrogens with zero attached hydrogens (tertiary/aromatic N) is 2. The van der Waals surface area contributed by atoms with E-state index in [1.54, 1.807) is 7.11 Å². The number of methoxy groups -OCH3 is 1. The Morgan fingerprint density at radius 2 is 1.89 bits per heavy atom. The fourth-order valence-corrected chi connectivity index (χ4v) is 5.35. The van der Waals surface area contributed by atoms with Crippen molar-refractivity contribution in [2.24, 2.45) is 5.92 Å². The molecule has 0 spiro atoms. The summed E-state index contributed by atoms with van der Waals surface area (Å²) in [6.07, 6.45) is 5.92. The molecule has 4 aliphatic rings. The van der Waals surface area contributed by atoms with E-state index in [4.69, 9.17) is 4.74 Å². The smallest absolute Gasteiger partial charge is 0.233 e. The van der Waals surface area contributed by atoms with Gasteiger partial charge in [0.25, 0.3) is 0 Å². The molecular weight excluding hydrogens is 340 g/mol. The molecule has 1 aromatic rings. The lowest BCUT2D eigenvalue weighted by Crippen LogP contribution is -2.50. The van der Waals surface area contributed by atoms with Gasteiger partial charge in [-0.05, 0) is 31.2 Å². The van der Waals surface area contributed by atoms with Gasteiger partial charge in [-0.1, -0.05) is 43.2 Å². The van der Waals surface area contributed by atoms with E-state index in [1.807, 2.05) is 28.0 Å². The number of fused-ring (bicyclic) bond motifs is 4. The number of carbonyl (C=O) groups excluding carboxylic acids is 2. The van der Waals surface area contributed by atoms with E-state index >= 15 is 0 Å². The van der Waals surface area contributed by atoms with Crippen LogP contribution in [-0.4, -0.2) is 61.0 Å². The van der Waals surface area contributed by atoms with Gasteiger partial charge in [0, 0.05) is 32.8 Å². The first-order valence-corrected chi connectivity index (χ1v) is 10.3. The summed E-state index contributed by atoms with van der Waals surface area (Å²) < 4.78 is 5.20. The van der Waals surface area contributed by atoms with Gasteiger partial charge < -0.3 is 14.5 Å². The van der Waals surface area contributed by atoms with Crippen molar-refractivity contribution in [3.8, 4) is 0 Å². The summed E-state index contributed by atoms with van der Waals surface area (Å²) >= 11 is 0. The van der Waals surface area contributed by atoms with Gasteiger partial charge >= 0.3 is 0 Å². The average molecular weight is 370 g/mol. The minimum Gasteiger partial charge on any atom is -0.383 e. The van der Waals surface area contributed by atoms with Crippen molar-refractivity contribution < 1.29 is 14.3 Å². The van der Waals surface area contributed by atoms with Crippen LogP contribution in [0.25, 0.3) is 0 Å². The van der Waals surface area contributed by atoms with Gasteiger partial charge in [-0.25, -0.2) is 0 Å².